The molecule has 0 N–H and O–H groups in total. The Kier molecular flexibility index (Phi) is 14.9. The van der Waals surface area contributed by atoms with Crippen molar-refractivity contribution in [2.24, 2.45) is 11.8 Å². The summed E-state index contributed by atoms with van der Waals surface area (Å²) in [6.45, 7) is 11.1. The lowest BCUT2D eigenvalue weighted by Crippen LogP contribution is -2.72. The third-order valence-electron chi connectivity index (χ3n) is 10.1. The van der Waals surface area contributed by atoms with Gasteiger partial charge in [0, 0.05) is 13.5 Å². The number of Topliss-reactive ketones (excluding diaryl/α,β-unsaturated/α-hetero) is 1. The molecule has 5 aromatic rings. The molecule has 0 radical (unpaired) electrons. The Morgan fingerprint density at radius 1 is 0.817 bits per heavy atom. The Labute approximate surface area is 364 Å². The summed E-state index contributed by atoms with van der Waals surface area (Å²) in [5.74, 6) is -1.87. The third-order valence-corrected chi connectivity index (χ3v) is 18.4. The molecule has 0 unspecified atom stereocenters. The van der Waals surface area contributed by atoms with E-state index in [4.69, 9.17) is 18.3 Å². The number of amides is 1. The van der Waals surface area contributed by atoms with E-state index < -0.39 is 53.5 Å². The lowest BCUT2D eigenvalue weighted by atomic mass is 9.74. The number of hydrogen-bond donors (Lipinski definition) is 0. The van der Waals surface area contributed by atoms with Crippen molar-refractivity contribution in [1.29, 1.82) is 0 Å². The second kappa shape index (κ2) is 19.7. The van der Waals surface area contributed by atoms with Crippen LogP contribution in [0.5, 0.6) is 5.75 Å². The van der Waals surface area contributed by atoms with Gasteiger partial charge in [-0.3, -0.25) is 9.59 Å². The summed E-state index contributed by atoms with van der Waals surface area (Å²) >= 11 is 2.67. The lowest BCUT2D eigenvalue weighted by molar-refractivity contribution is -0.162. The molecule has 0 saturated carbocycles. The number of thioether (sulfide) groups is 1. The summed E-state index contributed by atoms with van der Waals surface area (Å²) < 4.78 is 25.7. The molecule has 1 fully saturated rings. The monoisotopic (exact) mass is 899 g/mol. The number of benzene rings is 4. The molecule has 1 aliphatic rings. The fourth-order valence-electron chi connectivity index (χ4n) is 7.61. The van der Waals surface area contributed by atoms with Gasteiger partial charge >= 0.3 is 5.97 Å². The van der Waals surface area contributed by atoms with Crippen LogP contribution in [0.2, 0.25) is 39.3 Å². The molecule has 60 heavy (non-hydrogen) atoms. The van der Waals surface area contributed by atoms with Crippen molar-refractivity contribution in [2.75, 3.05) is 19.5 Å². The number of β-lactam (4-membered cyclic amide) rings is 1. The Balaban J connectivity index is 1.66. The zero-order valence-corrected chi connectivity index (χ0v) is 40.0. The summed E-state index contributed by atoms with van der Waals surface area (Å²) in [6.07, 6.45) is -0.558. The van der Waals surface area contributed by atoms with Crippen LogP contribution in [0.4, 0.5) is 0 Å². The topological polar surface area (TPSA) is 117 Å². The van der Waals surface area contributed by atoms with E-state index in [1.807, 2.05) is 122 Å². The van der Waals surface area contributed by atoms with Gasteiger partial charge in [-0.25, -0.2) is 4.79 Å². The van der Waals surface area contributed by atoms with Crippen LogP contribution in [0, 0.1) is 11.8 Å². The second-order valence-corrected chi connectivity index (χ2v) is 30.9. The van der Waals surface area contributed by atoms with Gasteiger partial charge in [-0.2, -0.15) is 0 Å². The molecule has 1 aromatic heterocycles. The van der Waals surface area contributed by atoms with Crippen molar-refractivity contribution in [2.45, 2.75) is 69.3 Å². The second-order valence-electron chi connectivity index (χ2n) is 16.6. The first-order valence-electron chi connectivity index (χ1n) is 19.9. The predicted octanol–water partition coefficient (Wildman–Crippen LogP) is 7.61. The van der Waals surface area contributed by atoms with Gasteiger partial charge in [0.15, 0.2) is 26.8 Å². The number of methoxy groups -OCH3 is 1. The summed E-state index contributed by atoms with van der Waals surface area (Å²) in [7, 11) is -2.82. The summed E-state index contributed by atoms with van der Waals surface area (Å²) in [5, 5.41) is 10.7. The highest BCUT2D eigenvalue weighted by Gasteiger charge is 2.60. The maximum atomic E-state index is 15.6. The smallest absolute Gasteiger partial charge is 0.356 e. The van der Waals surface area contributed by atoms with E-state index in [-0.39, 0.29) is 36.1 Å². The minimum absolute atomic E-state index is 0.0600. The molecule has 0 aliphatic carbocycles. The average Bonchev–Trinajstić information content (AvgIpc) is 3.76. The van der Waals surface area contributed by atoms with E-state index >= 15 is 9.59 Å². The number of ether oxygens (including phenoxy) is 2. The molecule has 2 heterocycles. The highest BCUT2D eigenvalue weighted by molar-refractivity contribution is 8.01. The lowest BCUT2D eigenvalue weighted by Gasteiger charge is -2.54. The molecular formula is C45H54N3O7PS2Si2. The van der Waals surface area contributed by atoms with Crippen LogP contribution in [-0.2, 0) is 34.6 Å². The highest BCUT2D eigenvalue weighted by Crippen LogP contribution is 2.51. The first kappa shape index (κ1) is 45.4. The Morgan fingerprint density at radius 2 is 1.37 bits per heavy atom. The van der Waals surface area contributed by atoms with E-state index in [2.05, 4.69) is 49.5 Å². The fraction of sp³-hybridized carbons (Fsp3) is 0.333. The molecule has 1 aliphatic heterocycles. The summed E-state index contributed by atoms with van der Waals surface area (Å²) in [5.41, 5.74) is 2.59. The molecule has 316 valence electrons. The van der Waals surface area contributed by atoms with Crippen molar-refractivity contribution in [3.05, 3.63) is 126 Å². The first-order chi connectivity index (χ1) is 28.6. The van der Waals surface area contributed by atoms with Gasteiger partial charge in [0.2, 0.25) is 5.91 Å². The zero-order chi connectivity index (χ0) is 43.1. The van der Waals surface area contributed by atoms with Crippen molar-refractivity contribution in [3.8, 4) is 5.75 Å². The van der Waals surface area contributed by atoms with E-state index in [0.29, 0.717) is 10.1 Å². The number of ketones is 1. The number of likely N-dealkylation sites (tertiary alicyclic amines) is 1. The first-order valence-corrected chi connectivity index (χ1v) is 30.4. The van der Waals surface area contributed by atoms with Crippen molar-refractivity contribution in [3.63, 3.8) is 0 Å². The molecule has 1 amide bonds. The van der Waals surface area contributed by atoms with Crippen LogP contribution in [0.25, 0.3) is 0 Å². The zero-order valence-electron chi connectivity index (χ0n) is 35.4. The Morgan fingerprint density at radius 3 is 1.83 bits per heavy atom. The van der Waals surface area contributed by atoms with Crippen molar-refractivity contribution >= 4 is 85.6 Å². The molecule has 4 atom stereocenters. The van der Waals surface area contributed by atoms with Gasteiger partial charge in [0.05, 0.1) is 36.8 Å². The van der Waals surface area contributed by atoms with Gasteiger partial charge < -0.3 is 23.2 Å². The summed E-state index contributed by atoms with van der Waals surface area (Å²) in [6, 6.07) is 36.2. The molecular weight excluding hydrogens is 846 g/mol. The van der Waals surface area contributed by atoms with Gasteiger partial charge in [0.25, 0.3) is 0 Å². The number of rotatable bonds is 19. The average molecular weight is 900 g/mol. The molecule has 15 heteroatoms. The van der Waals surface area contributed by atoms with Crippen LogP contribution >= 0.6 is 30.0 Å². The normalized spacial score (nSPS) is 16.7. The SMILES string of the molecule is COc1ccc(COC(=O)C(N2C(=O)[C@H]([C@@H](C)O[Si](C)(C)C)[C@H]2[C@@H](CO[Si](C)(C)C)C(=O)CSc2nncs2)=P(c2ccccc2)(c2ccccc2)c2ccccc2)cc1. The van der Waals surface area contributed by atoms with Gasteiger partial charge in [0.1, 0.15) is 23.3 Å². The summed E-state index contributed by atoms with van der Waals surface area (Å²) in [4.78, 5) is 47.6. The van der Waals surface area contributed by atoms with E-state index in [0.717, 1.165) is 21.5 Å². The van der Waals surface area contributed by atoms with E-state index in [9.17, 15) is 4.79 Å². The quantitative estimate of drug-likeness (QED) is 0.0270. The number of esters is 1. The van der Waals surface area contributed by atoms with Crippen molar-refractivity contribution in [1.82, 2.24) is 15.1 Å². The Bertz CT molecular complexity index is 2170. The number of carbonyl (C=O) groups is 3. The van der Waals surface area contributed by atoms with E-state index in [1.54, 1.807) is 17.5 Å². The molecule has 6 rings (SSSR count). The molecule has 0 spiro atoms. The van der Waals surface area contributed by atoms with Crippen LogP contribution in [-0.4, -0.2) is 86.4 Å². The number of hydrogen-bond acceptors (Lipinski definition) is 11. The number of nitrogens with zero attached hydrogens (tertiary/aromatic N) is 3. The van der Waals surface area contributed by atoms with E-state index in [1.165, 1.54) is 23.1 Å². The maximum Gasteiger partial charge on any atom is 0.356 e. The van der Waals surface area contributed by atoms with Crippen LogP contribution in [0.1, 0.15) is 12.5 Å². The van der Waals surface area contributed by atoms with Gasteiger partial charge in [-0.05, 0) is 79.8 Å². The standard InChI is InChI=1S/C45H54N3O7PS2Si2/c1-32(55-60(6,7)8)40-41(38(29-54-59(3,4)5)39(49)30-57-45-47-46-31-58-45)48(42(40)50)43(44(51)53-28-33-24-26-34(52-2)27-25-33)56(35-18-12-9-13-19-35,36-20-14-10-15-21-36)37-22-16-11-17-23-37/h9-27,31-32,38,40-41H,28-30H2,1-8H3/t32-,38+,40-,41-/m1/s1. The highest BCUT2D eigenvalue weighted by atomic mass is 32.2. The molecule has 4 aromatic carbocycles. The number of aromatic nitrogens is 2. The van der Waals surface area contributed by atoms with Crippen LogP contribution in [0.3, 0.4) is 0 Å². The van der Waals surface area contributed by atoms with Gasteiger partial charge in [-0.1, -0.05) is 126 Å². The minimum Gasteiger partial charge on any atom is -0.497 e. The molecule has 10 nitrogen and oxygen atoms in total. The Hall–Kier alpha value is -4.15. The molecule has 1 saturated heterocycles. The minimum atomic E-state index is -3.29. The van der Waals surface area contributed by atoms with Gasteiger partial charge in [-0.15, -0.1) is 10.2 Å². The largest absolute Gasteiger partial charge is 0.497 e. The maximum absolute atomic E-state index is 15.6. The number of carbonyl (C=O) groups excluding carboxylic acids is 3. The van der Waals surface area contributed by atoms with Crippen molar-refractivity contribution < 1.29 is 32.7 Å². The molecule has 0 bridgehead atoms. The fourth-order valence-corrected chi connectivity index (χ4v) is 15.4. The van der Waals surface area contributed by atoms with Crippen LogP contribution in [0.15, 0.2) is 125 Å². The third kappa shape index (κ3) is 10.5. The van der Waals surface area contributed by atoms with Crippen LogP contribution < -0.4 is 20.7 Å². The predicted molar refractivity (Wildman–Crippen MR) is 249 cm³/mol.